The van der Waals surface area contributed by atoms with E-state index < -0.39 is 10.0 Å². The van der Waals surface area contributed by atoms with E-state index in [9.17, 15) is 13.2 Å². The van der Waals surface area contributed by atoms with E-state index in [0.29, 0.717) is 16.1 Å². The van der Waals surface area contributed by atoms with E-state index in [2.05, 4.69) is 29.3 Å². The van der Waals surface area contributed by atoms with Gasteiger partial charge in [0.25, 0.3) is 15.9 Å². The maximum Gasteiger partial charge on any atom is 0.271 e. The van der Waals surface area contributed by atoms with Crippen molar-refractivity contribution < 1.29 is 13.2 Å². The molecule has 1 N–H and O–H groups in total. The molecule has 0 unspecified atom stereocenters. The van der Waals surface area contributed by atoms with Crippen molar-refractivity contribution in [3.05, 3.63) is 102 Å². The Bertz CT molecular complexity index is 1570. The van der Waals surface area contributed by atoms with Gasteiger partial charge in [-0.3, -0.25) is 9.10 Å². The van der Waals surface area contributed by atoms with Crippen molar-refractivity contribution in [2.24, 2.45) is 5.10 Å². The third-order valence-corrected chi connectivity index (χ3v) is 8.43. The van der Waals surface area contributed by atoms with Gasteiger partial charge in [0.05, 0.1) is 23.3 Å². The second-order valence-electron chi connectivity index (χ2n) is 8.80. The van der Waals surface area contributed by atoms with Crippen molar-refractivity contribution in [2.45, 2.75) is 25.3 Å². The molecular weight excluding hydrogens is 484 g/mol. The van der Waals surface area contributed by atoms with Gasteiger partial charge in [0.1, 0.15) is 0 Å². The van der Waals surface area contributed by atoms with Crippen LogP contribution in [0.1, 0.15) is 35.3 Å². The molecule has 37 heavy (non-hydrogen) atoms. The Kier molecular flexibility index (Phi) is 6.67. The highest BCUT2D eigenvalue weighted by Crippen LogP contribution is 2.42. The van der Waals surface area contributed by atoms with Crippen LogP contribution in [-0.4, -0.2) is 33.6 Å². The summed E-state index contributed by atoms with van der Waals surface area (Å²) in [6.07, 6.45) is 1.61. The first-order chi connectivity index (χ1) is 17.9. The summed E-state index contributed by atoms with van der Waals surface area (Å²) in [5, 5.41) is 5.72. The lowest BCUT2D eigenvalue weighted by Gasteiger charge is -2.20. The van der Waals surface area contributed by atoms with Gasteiger partial charge < -0.3 is 4.90 Å². The molecule has 0 saturated heterocycles. The Hall–Kier alpha value is -4.17. The van der Waals surface area contributed by atoms with Crippen molar-refractivity contribution in [1.82, 2.24) is 5.43 Å². The van der Waals surface area contributed by atoms with E-state index in [1.165, 1.54) is 4.31 Å². The zero-order chi connectivity index (χ0) is 26.0. The van der Waals surface area contributed by atoms with E-state index in [-0.39, 0.29) is 12.5 Å². The molecule has 0 atom stereocenters. The molecule has 8 heteroatoms. The number of carbonyl (C=O) groups excluding carboxylic acids is 1. The van der Waals surface area contributed by atoms with Crippen LogP contribution in [0.5, 0.6) is 0 Å². The zero-order valence-electron chi connectivity index (χ0n) is 20.8. The number of nitrogens with zero attached hydrogens (tertiary/aromatic N) is 3. The van der Waals surface area contributed by atoms with E-state index in [0.717, 1.165) is 40.7 Å². The quantitative estimate of drug-likeness (QED) is 0.261. The number of anilines is 2. The molecule has 0 bridgehead atoms. The van der Waals surface area contributed by atoms with Gasteiger partial charge in [-0.1, -0.05) is 48.5 Å². The number of nitrogens with one attached hydrogen (secondary N) is 1. The monoisotopic (exact) mass is 512 g/mol. The molecule has 1 aliphatic heterocycles. The second-order valence-corrected chi connectivity index (χ2v) is 10.6. The third kappa shape index (κ3) is 4.68. The lowest BCUT2D eigenvalue weighted by Crippen LogP contribution is -2.26. The molecular formula is C29H28N4O3S. The summed E-state index contributed by atoms with van der Waals surface area (Å²) in [5.41, 5.74) is 6.47. The van der Waals surface area contributed by atoms with Gasteiger partial charge in [-0.15, -0.1) is 0 Å². The van der Waals surface area contributed by atoms with E-state index in [4.69, 9.17) is 0 Å². The van der Waals surface area contributed by atoms with Crippen molar-refractivity contribution in [3.8, 4) is 0 Å². The van der Waals surface area contributed by atoms with Gasteiger partial charge in [-0.2, -0.15) is 5.10 Å². The average molecular weight is 513 g/mol. The van der Waals surface area contributed by atoms with Gasteiger partial charge in [-0.25, -0.2) is 13.8 Å². The minimum Gasteiger partial charge on any atom is -0.372 e. The SMILES string of the molecule is CCN(CC)c1ccc(/C=N\NC(=O)c2ccc(CN3c4cccc5cccc(c45)S3(=O)=O)cc2)cc1. The first-order valence-corrected chi connectivity index (χ1v) is 13.7. The summed E-state index contributed by atoms with van der Waals surface area (Å²) in [6.45, 7) is 6.30. The maximum absolute atomic E-state index is 13.2. The summed E-state index contributed by atoms with van der Waals surface area (Å²) in [7, 11) is -3.64. The fourth-order valence-corrected chi connectivity index (χ4v) is 6.34. The maximum atomic E-state index is 13.2. The highest BCUT2D eigenvalue weighted by molar-refractivity contribution is 7.93. The molecule has 0 spiro atoms. The Morgan fingerprint density at radius 1 is 0.919 bits per heavy atom. The largest absolute Gasteiger partial charge is 0.372 e. The van der Waals surface area contributed by atoms with Crippen LogP contribution in [0, 0.1) is 0 Å². The molecule has 1 heterocycles. The number of hydrogen-bond donors (Lipinski definition) is 1. The molecule has 0 aromatic heterocycles. The lowest BCUT2D eigenvalue weighted by molar-refractivity contribution is 0.0955. The molecule has 188 valence electrons. The van der Waals surface area contributed by atoms with Crippen molar-refractivity contribution >= 4 is 44.3 Å². The number of sulfonamides is 1. The first kappa shape index (κ1) is 24.5. The van der Waals surface area contributed by atoms with Crippen LogP contribution in [-0.2, 0) is 16.6 Å². The number of hydrogen-bond acceptors (Lipinski definition) is 5. The zero-order valence-corrected chi connectivity index (χ0v) is 21.6. The summed E-state index contributed by atoms with van der Waals surface area (Å²) in [4.78, 5) is 15.1. The predicted octanol–water partition coefficient (Wildman–Crippen LogP) is 5.16. The van der Waals surface area contributed by atoms with Gasteiger partial charge in [0, 0.05) is 29.7 Å². The first-order valence-electron chi connectivity index (χ1n) is 12.2. The van der Waals surface area contributed by atoms with E-state index >= 15 is 0 Å². The fourth-order valence-electron chi connectivity index (χ4n) is 4.65. The number of benzene rings is 4. The molecule has 5 rings (SSSR count). The molecule has 4 aromatic carbocycles. The van der Waals surface area contributed by atoms with Crippen molar-refractivity contribution in [2.75, 3.05) is 22.3 Å². The average Bonchev–Trinajstić information content (AvgIpc) is 3.14. The Labute approximate surface area is 217 Å². The molecule has 1 amide bonds. The smallest absolute Gasteiger partial charge is 0.271 e. The third-order valence-electron chi connectivity index (χ3n) is 6.62. The molecule has 0 aliphatic carbocycles. The van der Waals surface area contributed by atoms with Crippen LogP contribution >= 0.6 is 0 Å². The topological polar surface area (TPSA) is 82.1 Å². The van der Waals surface area contributed by atoms with Crippen molar-refractivity contribution in [1.29, 1.82) is 0 Å². The van der Waals surface area contributed by atoms with Crippen LogP contribution in [0.25, 0.3) is 10.8 Å². The summed E-state index contributed by atoms with van der Waals surface area (Å²) in [6, 6.07) is 25.8. The molecule has 4 aromatic rings. The Balaban J connectivity index is 1.24. The van der Waals surface area contributed by atoms with Crippen LogP contribution in [0.2, 0.25) is 0 Å². The standard InChI is InChI=1S/C29H28N4O3S/c1-3-32(4-2)25-17-13-21(14-18-25)19-30-31-29(34)24-15-11-22(12-16-24)20-33-26-9-5-7-23-8-6-10-27(28(23)26)37(33,35)36/h5-19H,3-4,20H2,1-2H3,(H,31,34)/b30-19-. The van der Waals surface area contributed by atoms with Crippen LogP contribution in [0.4, 0.5) is 11.4 Å². The Morgan fingerprint density at radius 3 is 2.27 bits per heavy atom. The Morgan fingerprint density at radius 2 is 1.59 bits per heavy atom. The molecule has 1 aliphatic rings. The lowest BCUT2D eigenvalue weighted by atomic mass is 10.1. The molecule has 7 nitrogen and oxygen atoms in total. The van der Waals surface area contributed by atoms with Gasteiger partial charge in [-0.05, 0) is 66.8 Å². The summed E-state index contributed by atoms with van der Waals surface area (Å²) >= 11 is 0. The van der Waals surface area contributed by atoms with Crippen LogP contribution in [0.15, 0.2) is 94.9 Å². The number of hydrazone groups is 1. The van der Waals surface area contributed by atoms with E-state index in [1.807, 2.05) is 48.5 Å². The van der Waals surface area contributed by atoms with Gasteiger partial charge in [0.15, 0.2) is 0 Å². The second kappa shape index (κ2) is 10.1. The predicted molar refractivity (Wildman–Crippen MR) is 149 cm³/mol. The normalized spacial score (nSPS) is 13.8. The van der Waals surface area contributed by atoms with Crippen molar-refractivity contribution in [3.63, 3.8) is 0 Å². The highest BCUT2D eigenvalue weighted by Gasteiger charge is 2.35. The molecule has 0 fully saturated rings. The van der Waals surface area contributed by atoms with Gasteiger partial charge in [0.2, 0.25) is 0 Å². The van der Waals surface area contributed by atoms with Crippen LogP contribution in [0.3, 0.4) is 0 Å². The van der Waals surface area contributed by atoms with Gasteiger partial charge >= 0.3 is 0 Å². The number of carbonyl (C=O) groups is 1. The molecule has 0 saturated carbocycles. The van der Waals surface area contributed by atoms with Crippen LogP contribution < -0.4 is 14.6 Å². The highest BCUT2D eigenvalue weighted by atomic mass is 32.2. The fraction of sp³-hybridized carbons (Fsp3) is 0.172. The molecule has 0 radical (unpaired) electrons. The number of amides is 1. The minimum atomic E-state index is -3.64. The number of rotatable bonds is 8. The minimum absolute atomic E-state index is 0.180. The van der Waals surface area contributed by atoms with E-state index in [1.54, 1.807) is 42.6 Å². The summed E-state index contributed by atoms with van der Waals surface area (Å²) in [5.74, 6) is -0.339. The summed E-state index contributed by atoms with van der Waals surface area (Å²) < 4.78 is 27.8.